The summed E-state index contributed by atoms with van der Waals surface area (Å²) in [6, 6.07) is 11.0. The number of nitrogens with two attached hydrogens (primary N) is 1. The molecular weight excluding hydrogens is 238 g/mol. The third-order valence-electron chi connectivity index (χ3n) is 2.99. The number of amides is 1. The van der Waals surface area contributed by atoms with Gasteiger partial charge in [0.05, 0.1) is 12.2 Å². The van der Waals surface area contributed by atoms with Crippen LogP contribution in [-0.4, -0.2) is 22.8 Å². The minimum Gasteiger partial charge on any atom is -0.399 e. The second kappa shape index (κ2) is 5.52. The van der Waals surface area contributed by atoms with Gasteiger partial charge in [-0.05, 0) is 42.8 Å². The number of anilines is 1. The standard InChI is InChI=1S/C15H17N3O/c1-11-9-12(6-7-14(11)16)15(19)18(2)10-13-5-3-4-8-17-13/h3-9H,10,16H2,1-2H3. The van der Waals surface area contributed by atoms with Crippen LogP contribution in [0.2, 0.25) is 0 Å². The van der Waals surface area contributed by atoms with Gasteiger partial charge in [0.2, 0.25) is 0 Å². The van der Waals surface area contributed by atoms with Crippen molar-refractivity contribution in [3.8, 4) is 0 Å². The van der Waals surface area contributed by atoms with Crippen LogP contribution in [0.15, 0.2) is 42.6 Å². The van der Waals surface area contributed by atoms with Crippen LogP contribution in [0.1, 0.15) is 21.6 Å². The average Bonchev–Trinajstić information content (AvgIpc) is 2.42. The van der Waals surface area contributed by atoms with E-state index in [9.17, 15) is 4.79 Å². The molecule has 2 N–H and O–H groups in total. The van der Waals surface area contributed by atoms with Crippen LogP contribution >= 0.6 is 0 Å². The van der Waals surface area contributed by atoms with Crippen molar-refractivity contribution in [2.24, 2.45) is 0 Å². The molecule has 0 spiro atoms. The summed E-state index contributed by atoms with van der Waals surface area (Å²) in [4.78, 5) is 18.1. The predicted molar refractivity (Wildman–Crippen MR) is 75.6 cm³/mol. The normalized spacial score (nSPS) is 10.2. The summed E-state index contributed by atoms with van der Waals surface area (Å²) in [5.74, 6) is -0.0336. The van der Waals surface area contributed by atoms with E-state index in [-0.39, 0.29) is 5.91 Å². The Bertz CT molecular complexity index is 581. The number of hydrogen-bond acceptors (Lipinski definition) is 3. The van der Waals surface area contributed by atoms with Crippen molar-refractivity contribution >= 4 is 11.6 Å². The lowest BCUT2D eigenvalue weighted by molar-refractivity contribution is 0.0783. The second-order valence-corrected chi connectivity index (χ2v) is 4.55. The van der Waals surface area contributed by atoms with Crippen molar-refractivity contribution in [1.29, 1.82) is 0 Å². The van der Waals surface area contributed by atoms with E-state index in [4.69, 9.17) is 5.73 Å². The summed E-state index contributed by atoms with van der Waals surface area (Å²) < 4.78 is 0. The van der Waals surface area contributed by atoms with Gasteiger partial charge in [-0.3, -0.25) is 9.78 Å². The van der Waals surface area contributed by atoms with Crippen LogP contribution in [-0.2, 0) is 6.54 Å². The summed E-state index contributed by atoms with van der Waals surface area (Å²) in [5.41, 5.74) is 8.88. The van der Waals surface area contributed by atoms with E-state index < -0.39 is 0 Å². The lowest BCUT2D eigenvalue weighted by Crippen LogP contribution is -2.26. The SMILES string of the molecule is Cc1cc(C(=O)N(C)Cc2ccccn2)ccc1N. The smallest absolute Gasteiger partial charge is 0.253 e. The Hall–Kier alpha value is -2.36. The first kappa shape index (κ1) is 13.1. The maximum absolute atomic E-state index is 12.3. The van der Waals surface area contributed by atoms with Gasteiger partial charge in [0.25, 0.3) is 5.91 Å². The molecule has 0 bridgehead atoms. The molecule has 0 aliphatic heterocycles. The Labute approximate surface area is 112 Å². The number of nitrogen functional groups attached to an aromatic ring is 1. The Balaban J connectivity index is 2.12. The van der Waals surface area contributed by atoms with E-state index in [1.165, 1.54) is 0 Å². The number of carbonyl (C=O) groups is 1. The van der Waals surface area contributed by atoms with Gasteiger partial charge >= 0.3 is 0 Å². The van der Waals surface area contributed by atoms with Gasteiger partial charge in [0.1, 0.15) is 0 Å². The average molecular weight is 255 g/mol. The monoisotopic (exact) mass is 255 g/mol. The van der Waals surface area contributed by atoms with Gasteiger partial charge in [-0.25, -0.2) is 0 Å². The molecule has 0 saturated carbocycles. The molecule has 0 fully saturated rings. The highest BCUT2D eigenvalue weighted by Crippen LogP contribution is 2.14. The Kier molecular flexibility index (Phi) is 3.80. The third-order valence-corrected chi connectivity index (χ3v) is 2.99. The lowest BCUT2D eigenvalue weighted by atomic mass is 10.1. The number of carbonyl (C=O) groups excluding carboxylic acids is 1. The highest BCUT2D eigenvalue weighted by Gasteiger charge is 2.13. The number of pyridine rings is 1. The molecular formula is C15H17N3O. The Morgan fingerprint density at radius 1 is 1.32 bits per heavy atom. The van der Waals surface area contributed by atoms with Crippen molar-refractivity contribution < 1.29 is 4.79 Å². The molecule has 19 heavy (non-hydrogen) atoms. The molecule has 1 aromatic carbocycles. The second-order valence-electron chi connectivity index (χ2n) is 4.55. The van der Waals surface area contributed by atoms with Crippen molar-refractivity contribution in [1.82, 2.24) is 9.88 Å². The van der Waals surface area contributed by atoms with Crippen LogP contribution in [0.25, 0.3) is 0 Å². The van der Waals surface area contributed by atoms with Gasteiger partial charge in [0, 0.05) is 24.5 Å². The number of benzene rings is 1. The minimum absolute atomic E-state index is 0.0336. The van der Waals surface area contributed by atoms with Crippen molar-refractivity contribution in [2.45, 2.75) is 13.5 Å². The topological polar surface area (TPSA) is 59.2 Å². The molecule has 2 aromatic rings. The molecule has 0 atom stereocenters. The van der Waals surface area contributed by atoms with Crippen molar-refractivity contribution in [3.05, 3.63) is 59.4 Å². The van der Waals surface area contributed by atoms with Crippen LogP contribution in [0.4, 0.5) is 5.69 Å². The number of rotatable bonds is 3. The maximum Gasteiger partial charge on any atom is 0.253 e. The predicted octanol–water partition coefficient (Wildman–Crippen LogP) is 2.24. The molecule has 0 aliphatic carbocycles. The molecule has 2 rings (SSSR count). The summed E-state index contributed by atoms with van der Waals surface area (Å²) in [6.07, 6.45) is 1.72. The van der Waals surface area contributed by atoms with E-state index in [1.54, 1.807) is 30.3 Å². The zero-order valence-corrected chi connectivity index (χ0v) is 11.1. The van der Waals surface area contributed by atoms with Gasteiger partial charge < -0.3 is 10.6 Å². The Morgan fingerprint density at radius 2 is 2.11 bits per heavy atom. The van der Waals surface area contributed by atoms with Gasteiger partial charge in [0.15, 0.2) is 0 Å². The molecule has 0 aliphatic rings. The summed E-state index contributed by atoms with van der Waals surface area (Å²) in [7, 11) is 1.77. The van der Waals surface area contributed by atoms with Crippen molar-refractivity contribution in [2.75, 3.05) is 12.8 Å². The molecule has 4 heteroatoms. The molecule has 1 aromatic heterocycles. The largest absolute Gasteiger partial charge is 0.399 e. The molecule has 1 heterocycles. The van der Waals surface area contributed by atoms with Crippen LogP contribution in [0.3, 0.4) is 0 Å². The zero-order valence-electron chi connectivity index (χ0n) is 11.1. The number of aromatic nitrogens is 1. The van der Waals surface area contributed by atoms with Gasteiger partial charge in [-0.15, -0.1) is 0 Å². The molecule has 98 valence electrons. The number of hydrogen-bond donors (Lipinski definition) is 1. The maximum atomic E-state index is 12.3. The fraction of sp³-hybridized carbons (Fsp3) is 0.200. The van der Waals surface area contributed by atoms with Crippen LogP contribution in [0.5, 0.6) is 0 Å². The molecule has 0 radical (unpaired) electrons. The highest BCUT2D eigenvalue weighted by molar-refractivity contribution is 5.94. The fourth-order valence-electron chi connectivity index (χ4n) is 1.84. The summed E-state index contributed by atoms with van der Waals surface area (Å²) in [6.45, 7) is 2.38. The van der Waals surface area contributed by atoms with Gasteiger partial charge in [-0.1, -0.05) is 6.07 Å². The van der Waals surface area contributed by atoms with Gasteiger partial charge in [-0.2, -0.15) is 0 Å². The molecule has 0 saturated heterocycles. The minimum atomic E-state index is -0.0336. The lowest BCUT2D eigenvalue weighted by Gasteiger charge is -2.17. The molecule has 1 amide bonds. The zero-order chi connectivity index (χ0) is 13.8. The number of nitrogens with zero attached hydrogens (tertiary/aromatic N) is 2. The summed E-state index contributed by atoms with van der Waals surface area (Å²) >= 11 is 0. The van der Waals surface area contributed by atoms with E-state index in [2.05, 4.69) is 4.98 Å². The van der Waals surface area contributed by atoms with Crippen LogP contribution in [0, 0.1) is 6.92 Å². The van der Waals surface area contributed by atoms with E-state index in [1.807, 2.05) is 31.2 Å². The first-order valence-corrected chi connectivity index (χ1v) is 6.09. The quantitative estimate of drug-likeness (QED) is 0.856. The van der Waals surface area contributed by atoms with Crippen molar-refractivity contribution in [3.63, 3.8) is 0 Å². The summed E-state index contributed by atoms with van der Waals surface area (Å²) in [5, 5.41) is 0. The first-order valence-electron chi connectivity index (χ1n) is 6.09. The molecule has 4 nitrogen and oxygen atoms in total. The van der Waals surface area contributed by atoms with E-state index in [0.717, 1.165) is 11.3 Å². The Morgan fingerprint density at radius 3 is 2.74 bits per heavy atom. The van der Waals surface area contributed by atoms with Crippen LogP contribution < -0.4 is 5.73 Å². The first-order chi connectivity index (χ1) is 9.08. The third kappa shape index (κ3) is 3.10. The molecule has 0 unspecified atom stereocenters. The highest BCUT2D eigenvalue weighted by atomic mass is 16.2. The fourth-order valence-corrected chi connectivity index (χ4v) is 1.84. The van der Waals surface area contributed by atoms with E-state index in [0.29, 0.717) is 17.8 Å². The van der Waals surface area contributed by atoms with E-state index >= 15 is 0 Å². The number of aryl methyl sites for hydroxylation is 1.